The monoisotopic (exact) mass is 814 g/mol. The Hall–Kier alpha value is -3.50. The van der Waals surface area contributed by atoms with Crippen molar-refractivity contribution in [2.24, 2.45) is 41.4 Å². The van der Waals surface area contributed by atoms with Crippen LogP contribution in [0, 0.1) is 41.4 Å². The second-order valence-electron chi connectivity index (χ2n) is 19.0. The number of aliphatic hydroxyl groups is 5. The molecular weight excluding hydrogens is 760 g/mol. The van der Waals surface area contributed by atoms with Crippen molar-refractivity contribution in [2.45, 2.75) is 124 Å². The first-order valence-corrected chi connectivity index (χ1v) is 21.2. The Balaban J connectivity index is 1.14. The molecule has 59 heavy (non-hydrogen) atoms. The number of benzene rings is 2. The van der Waals surface area contributed by atoms with Gasteiger partial charge in [0.25, 0.3) is 0 Å². The smallest absolute Gasteiger partial charge is 0.338 e. The summed E-state index contributed by atoms with van der Waals surface area (Å²) in [6, 6.07) is 17.7. The van der Waals surface area contributed by atoms with Crippen molar-refractivity contribution in [3.8, 4) is 0 Å². The van der Waals surface area contributed by atoms with Crippen LogP contribution in [-0.2, 0) is 39.2 Å². The van der Waals surface area contributed by atoms with E-state index in [0.29, 0.717) is 24.0 Å². The molecule has 10 aliphatic rings. The highest BCUT2D eigenvalue weighted by atomic mass is 16.9. The van der Waals surface area contributed by atoms with Gasteiger partial charge < -0.3 is 54.0 Å². The number of esters is 2. The van der Waals surface area contributed by atoms with Crippen molar-refractivity contribution < 1.29 is 63.5 Å². The number of carbonyl (C=O) groups is 2. The largest absolute Gasteiger partial charge is 0.456 e. The third-order valence-electron chi connectivity index (χ3n) is 16.2. The van der Waals surface area contributed by atoms with Crippen LogP contribution in [0.2, 0.25) is 0 Å². The number of rotatable bonds is 4. The molecule has 12 rings (SSSR count). The summed E-state index contributed by atoms with van der Waals surface area (Å²) in [6.07, 6.45) is 0.608. The number of aliphatic hydroxyl groups excluding tert-OH is 2. The summed E-state index contributed by atoms with van der Waals surface area (Å²) in [7, 11) is 0. The fourth-order valence-electron chi connectivity index (χ4n) is 13.3. The van der Waals surface area contributed by atoms with Crippen LogP contribution in [0.4, 0.5) is 0 Å². The van der Waals surface area contributed by atoms with Gasteiger partial charge in [-0.1, -0.05) is 81.5 Å². The molecule has 4 aliphatic carbocycles. The normalized spacial score (nSPS) is 52.8. The van der Waals surface area contributed by atoms with Crippen LogP contribution in [-0.4, -0.2) is 109 Å². The zero-order chi connectivity index (χ0) is 41.5. The van der Waals surface area contributed by atoms with Gasteiger partial charge in [-0.15, -0.1) is 0 Å². The Labute approximate surface area is 342 Å². The standard InChI is InChI=1S/C46H54O13/c1-24-21-32-43(52)35(24)55-33(48)18-12-11-17-31(54-39(49)27-13-7-5-8-14-27)30-20-19-28(25(30)2)22-41(4,51)45(53)36-26(3)44(32)34(37-42(23-47,56-37)40(43)50)38(45)58-46(57-36,59-44)29-15-9-6-10-16-29/h5-18,24-26,28,30-32,34-38,40,47,50-53H,19-23H2,1-4H3/b17-11-,18-12-/t24-,25+,26+,28+,30-,31+,32+,34-,35-,36-,37-,38+,40+,41+,42-,43+,44-,45-,46-/m0/s1. The average Bonchev–Trinajstić information content (AvgIpc) is 3.79. The zero-order valence-corrected chi connectivity index (χ0v) is 33.6. The van der Waals surface area contributed by atoms with Crippen molar-refractivity contribution >= 4 is 11.9 Å². The van der Waals surface area contributed by atoms with Gasteiger partial charge in [0, 0.05) is 35.3 Å². The van der Waals surface area contributed by atoms with Gasteiger partial charge in [0.15, 0.2) is 0 Å². The van der Waals surface area contributed by atoms with Crippen LogP contribution in [0.3, 0.4) is 0 Å². The van der Waals surface area contributed by atoms with Crippen molar-refractivity contribution in [2.75, 3.05) is 6.61 Å². The summed E-state index contributed by atoms with van der Waals surface area (Å²) >= 11 is 0. The summed E-state index contributed by atoms with van der Waals surface area (Å²) in [6.45, 7) is 6.66. The molecule has 2 aromatic carbocycles. The van der Waals surface area contributed by atoms with Gasteiger partial charge in [-0.2, -0.15) is 0 Å². The van der Waals surface area contributed by atoms with Crippen molar-refractivity contribution in [3.63, 3.8) is 0 Å². The molecule has 1 spiro atoms. The summed E-state index contributed by atoms with van der Waals surface area (Å²) in [5.41, 5.74) is -8.50. The average molecular weight is 815 g/mol. The minimum absolute atomic E-state index is 0.102. The number of epoxide rings is 1. The molecule has 0 radical (unpaired) electrons. The van der Waals surface area contributed by atoms with Crippen molar-refractivity contribution in [3.05, 3.63) is 96.1 Å². The molecule has 19 atom stereocenters. The SMILES string of the molecule is C[C@@H]1[C@@H]2CC[C@@H]1[C@H](OC(=O)c1ccccc1)/C=C\C=C/C(=O)O[C@H]1[C@@H](C)C[C@@H]3[C@]1(O)[C@H](O)[C@@]1(CO)O[C@H]1[C@H]1[C@H]4O[C@]5(c6ccccc6)O[C@@H]([C@@H](C)[C@@]13O5)[C@@]4(O)[C@](C)(O)C2. The molecule has 5 N–H and O–H groups in total. The lowest BCUT2D eigenvalue weighted by Crippen LogP contribution is -2.89. The molecule has 4 saturated carbocycles. The molecule has 11 bridgehead atoms. The molecule has 2 aromatic rings. The van der Waals surface area contributed by atoms with Crippen LogP contribution >= 0.6 is 0 Å². The molecule has 4 saturated heterocycles. The Kier molecular flexibility index (Phi) is 8.90. The summed E-state index contributed by atoms with van der Waals surface area (Å²) in [5.74, 6) is -6.79. The van der Waals surface area contributed by atoms with Gasteiger partial charge in [-0.05, 0) is 68.6 Å². The third-order valence-corrected chi connectivity index (χ3v) is 16.2. The maximum Gasteiger partial charge on any atom is 0.338 e. The molecule has 8 fully saturated rings. The maximum atomic E-state index is 13.7. The molecule has 6 heterocycles. The van der Waals surface area contributed by atoms with E-state index in [1.54, 1.807) is 55.5 Å². The molecule has 0 aromatic heterocycles. The highest BCUT2D eigenvalue weighted by molar-refractivity contribution is 5.89. The minimum Gasteiger partial charge on any atom is -0.456 e. The van der Waals surface area contributed by atoms with E-state index in [9.17, 15) is 35.1 Å². The Morgan fingerprint density at radius 3 is 2.29 bits per heavy atom. The number of hydrogen-bond donors (Lipinski definition) is 5. The quantitative estimate of drug-likeness (QED) is 0.223. The van der Waals surface area contributed by atoms with Gasteiger partial charge in [-0.25, -0.2) is 9.59 Å². The van der Waals surface area contributed by atoms with E-state index in [1.165, 1.54) is 12.2 Å². The van der Waals surface area contributed by atoms with Gasteiger partial charge in [0.05, 0.1) is 23.4 Å². The van der Waals surface area contributed by atoms with Crippen molar-refractivity contribution in [1.29, 1.82) is 0 Å². The van der Waals surface area contributed by atoms with Crippen LogP contribution in [0.1, 0.15) is 69.3 Å². The summed E-state index contributed by atoms with van der Waals surface area (Å²) < 4.78 is 39.7. The lowest BCUT2D eigenvalue weighted by Gasteiger charge is -2.74. The third kappa shape index (κ3) is 5.17. The van der Waals surface area contributed by atoms with E-state index < -0.39 is 113 Å². The summed E-state index contributed by atoms with van der Waals surface area (Å²) in [5, 5.41) is 63.4. The van der Waals surface area contributed by atoms with Crippen LogP contribution < -0.4 is 0 Å². The molecule has 0 amide bonds. The molecule has 316 valence electrons. The number of fused-ring (bicyclic) bond motifs is 6. The fraction of sp³-hybridized carbons (Fsp3) is 0.609. The molecular formula is C46H54O13. The van der Waals surface area contributed by atoms with Crippen LogP contribution in [0.25, 0.3) is 0 Å². The lowest BCUT2D eigenvalue weighted by atomic mass is 9.49. The van der Waals surface area contributed by atoms with Crippen LogP contribution in [0.5, 0.6) is 0 Å². The van der Waals surface area contributed by atoms with Gasteiger partial charge >= 0.3 is 17.9 Å². The first kappa shape index (κ1) is 39.6. The van der Waals surface area contributed by atoms with E-state index in [4.69, 9.17) is 28.4 Å². The highest BCUT2D eigenvalue weighted by Crippen LogP contribution is 2.75. The first-order valence-electron chi connectivity index (χ1n) is 21.2. The maximum absolute atomic E-state index is 13.7. The number of ether oxygens (including phenoxy) is 6. The number of carbonyl (C=O) groups excluding carboxylic acids is 2. The minimum atomic E-state index is -2.22. The van der Waals surface area contributed by atoms with Gasteiger partial charge in [0.2, 0.25) is 0 Å². The van der Waals surface area contributed by atoms with E-state index in [-0.39, 0.29) is 30.6 Å². The predicted molar refractivity (Wildman–Crippen MR) is 207 cm³/mol. The van der Waals surface area contributed by atoms with Gasteiger partial charge in [0.1, 0.15) is 53.4 Å². The Bertz CT molecular complexity index is 2060. The highest BCUT2D eigenvalue weighted by Gasteiger charge is 2.91. The van der Waals surface area contributed by atoms with E-state index in [0.717, 1.165) is 0 Å². The topological polar surface area (TPSA) is 194 Å². The van der Waals surface area contributed by atoms with E-state index >= 15 is 0 Å². The molecule has 13 nitrogen and oxygen atoms in total. The second-order valence-corrected chi connectivity index (χ2v) is 19.0. The Morgan fingerprint density at radius 1 is 0.881 bits per heavy atom. The molecule has 0 unspecified atom stereocenters. The number of allylic oxidation sites excluding steroid dienone is 2. The second kappa shape index (κ2) is 13.3. The zero-order valence-electron chi connectivity index (χ0n) is 33.6. The molecule has 13 heteroatoms. The van der Waals surface area contributed by atoms with Gasteiger partial charge in [-0.3, -0.25) is 0 Å². The van der Waals surface area contributed by atoms with E-state index in [1.807, 2.05) is 38.1 Å². The number of hydrogen-bond acceptors (Lipinski definition) is 13. The van der Waals surface area contributed by atoms with Crippen molar-refractivity contribution in [1.82, 2.24) is 0 Å². The molecule has 6 aliphatic heterocycles. The first-order chi connectivity index (χ1) is 28.1. The summed E-state index contributed by atoms with van der Waals surface area (Å²) in [4.78, 5) is 27.2. The fourth-order valence-corrected chi connectivity index (χ4v) is 13.3. The predicted octanol–water partition coefficient (Wildman–Crippen LogP) is 3.31. The van der Waals surface area contributed by atoms with Crippen LogP contribution in [0.15, 0.2) is 85.0 Å². The lowest BCUT2D eigenvalue weighted by molar-refractivity contribution is -0.595. The van der Waals surface area contributed by atoms with E-state index in [2.05, 4.69) is 6.92 Å². The Morgan fingerprint density at radius 2 is 1.58 bits per heavy atom.